The minimum atomic E-state index is 0.117. The molecule has 2 aromatic carbocycles. The van der Waals surface area contributed by atoms with Crippen LogP contribution in [0.2, 0.25) is 0 Å². The van der Waals surface area contributed by atoms with Crippen LogP contribution in [0.1, 0.15) is 29.7 Å². The molecule has 1 N–H and O–H groups in total. The van der Waals surface area contributed by atoms with E-state index in [-0.39, 0.29) is 6.04 Å². The number of rotatable bonds is 5. The van der Waals surface area contributed by atoms with E-state index in [2.05, 4.69) is 59.4 Å². The Hall–Kier alpha value is -1.32. The Morgan fingerprint density at radius 1 is 1.15 bits per heavy atom. The van der Waals surface area contributed by atoms with Crippen LogP contribution in [0.3, 0.4) is 0 Å². The molecule has 0 aliphatic rings. The van der Waals surface area contributed by atoms with E-state index in [0.717, 1.165) is 22.3 Å². The summed E-state index contributed by atoms with van der Waals surface area (Å²) in [6, 6.07) is 14.7. The summed E-state index contributed by atoms with van der Waals surface area (Å²) in [5, 5.41) is 3.54. The van der Waals surface area contributed by atoms with Gasteiger partial charge in [0.05, 0.1) is 13.2 Å². The number of nitrogens with one attached hydrogen (secondary N) is 1. The van der Waals surface area contributed by atoms with Crippen molar-refractivity contribution in [3.8, 4) is 5.75 Å². The quantitative estimate of drug-likeness (QED) is 0.871. The van der Waals surface area contributed by atoms with Crippen LogP contribution in [0.25, 0.3) is 0 Å². The van der Waals surface area contributed by atoms with Gasteiger partial charge >= 0.3 is 0 Å². The lowest BCUT2D eigenvalue weighted by molar-refractivity contribution is 0.404. The van der Waals surface area contributed by atoms with Gasteiger partial charge in [-0.1, -0.05) is 53.2 Å². The van der Waals surface area contributed by atoms with E-state index < -0.39 is 0 Å². The Labute approximate surface area is 129 Å². The molecule has 2 nitrogen and oxygen atoms in total. The summed E-state index contributed by atoms with van der Waals surface area (Å²) >= 11 is 3.68. The normalized spacial score (nSPS) is 12.2. The topological polar surface area (TPSA) is 21.3 Å². The van der Waals surface area contributed by atoms with Gasteiger partial charge < -0.3 is 10.1 Å². The maximum Gasteiger partial charge on any atom is 0.123 e. The summed E-state index contributed by atoms with van der Waals surface area (Å²) in [5.74, 6) is 0.908. The monoisotopic (exact) mass is 333 g/mol. The van der Waals surface area contributed by atoms with Gasteiger partial charge in [-0.05, 0) is 36.7 Å². The van der Waals surface area contributed by atoms with Crippen molar-refractivity contribution in [2.75, 3.05) is 13.7 Å². The molecule has 0 saturated carbocycles. The molecule has 0 aromatic heterocycles. The molecule has 3 heteroatoms. The molecule has 1 atom stereocenters. The van der Waals surface area contributed by atoms with Crippen LogP contribution in [0, 0.1) is 6.92 Å². The highest BCUT2D eigenvalue weighted by molar-refractivity contribution is 9.10. The number of para-hydroxylation sites is 1. The van der Waals surface area contributed by atoms with Gasteiger partial charge in [-0.25, -0.2) is 0 Å². The molecular formula is C17H20BrNO. The van der Waals surface area contributed by atoms with Gasteiger partial charge in [0, 0.05) is 10.0 Å². The number of ether oxygens (including phenoxy) is 1. The Morgan fingerprint density at radius 3 is 2.55 bits per heavy atom. The average Bonchev–Trinajstić information content (AvgIpc) is 2.45. The molecule has 0 bridgehead atoms. The average molecular weight is 334 g/mol. The number of aryl methyl sites for hydroxylation is 1. The maximum atomic E-state index is 5.50. The Kier molecular flexibility index (Phi) is 5.21. The van der Waals surface area contributed by atoms with Crippen LogP contribution < -0.4 is 10.1 Å². The van der Waals surface area contributed by atoms with E-state index in [4.69, 9.17) is 4.74 Å². The minimum absolute atomic E-state index is 0.117. The molecule has 0 amide bonds. The SMILES string of the molecule is CCNC(c1ccc(C)cc1Br)c1ccccc1OC. The standard InChI is InChI=1S/C17H20BrNO/c1-4-19-17(13-10-9-12(2)11-15(13)18)14-7-5-6-8-16(14)20-3/h5-11,17,19H,4H2,1-3H3. The van der Waals surface area contributed by atoms with Gasteiger partial charge in [0.15, 0.2) is 0 Å². The van der Waals surface area contributed by atoms with Crippen molar-refractivity contribution >= 4 is 15.9 Å². The highest BCUT2D eigenvalue weighted by Crippen LogP contribution is 2.33. The zero-order valence-electron chi connectivity index (χ0n) is 12.1. The molecule has 0 aliphatic heterocycles. The van der Waals surface area contributed by atoms with Crippen LogP contribution in [-0.4, -0.2) is 13.7 Å². The molecule has 0 spiro atoms. The lowest BCUT2D eigenvalue weighted by Crippen LogP contribution is -2.23. The Morgan fingerprint density at radius 2 is 1.90 bits per heavy atom. The van der Waals surface area contributed by atoms with Crippen molar-refractivity contribution in [1.82, 2.24) is 5.32 Å². The third-order valence-electron chi connectivity index (χ3n) is 3.33. The summed E-state index contributed by atoms with van der Waals surface area (Å²) in [7, 11) is 1.71. The van der Waals surface area contributed by atoms with Crippen LogP contribution >= 0.6 is 15.9 Å². The molecule has 0 saturated heterocycles. The van der Waals surface area contributed by atoms with E-state index in [1.807, 2.05) is 18.2 Å². The van der Waals surface area contributed by atoms with Crippen LogP contribution in [0.4, 0.5) is 0 Å². The highest BCUT2D eigenvalue weighted by Gasteiger charge is 2.19. The molecule has 0 aliphatic carbocycles. The summed E-state index contributed by atoms with van der Waals surface area (Å²) in [6.07, 6.45) is 0. The van der Waals surface area contributed by atoms with E-state index in [0.29, 0.717) is 0 Å². The molecule has 0 fully saturated rings. The zero-order chi connectivity index (χ0) is 14.5. The smallest absolute Gasteiger partial charge is 0.123 e. The lowest BCUT2D eigenvalue weighted by atomic mass is 9.97. The van der Waals surface area contributed by atoms with Crippen molar-refractivity contribution in [3.63, 3.8) is 0 Å². The van der Waals surface area contributed by atoms with Gasteiger partial charge in [0.2, 0.25) is 0 Å². The first-order chi connectivity index (χ1) is 9.67. The molecule has 20 heavy (non-hydrogen) atoms. The first-order valence-electron chi connectivity index (χ1n) is 6.79. The molecule has 0 radical (unpaired) electrons. The Balaban J connectivity index is 2.50. The van der Waals surface area contributed by atoms with E-state index in [1.54, 1.807) is 7.11 Å². The number of hydrogen-bond donors (Lipinski definition) is 1. The van der Waals surface area contributed by atoms with Crippen LogP contribution in [0.15, 0.2) is 46.9 Å². The van der Waals surface area contributed by atoms with Crippen molar-refractivity contribution < 1.29 is 4.74 Å². The third-order valence-corrected chi connectivity index (χ3v) is 4.01. The zero-order valence-corrected chi connectivity index (χ0v) is 13.7. The number of halogens is 1. The van der Waals surface area contributed by atoms with Gasteiger partial charge in [0.25, 0.3) is 0 Å². The van der Waals surface area contributed by atoms with E-state index >= 15 is 0 Å². The van der Waals surface area contributed by atoms with Crippen LogP contribution in [-0.2, 0) is 0 Å². The number of hydrogen-bond acceptors (Lipinski definition) is 2. The summed E-state index contributed by atoms with van der Waals surface area (Å²) < 4.78 is 6.62. The fraction of sp³-hybridized carbons (Fsp3) is 0.294. The maximum absolute atomic E-state index is 5.50. The minimum Gasteiger partial charge on any atom is -0.496 e. The second-order valence-corrected chi connectivity index (χ2v) is 5.61. The van der Waals surface area contributed by atoms with Gasteiger partial charge in [-0.2, -0.15) is 0 Å². The van der Waals surface area contributed by atoms with E-state index in [1.165, 1.54) is 11.1 Å². The van der Waals surface area contributed by atoms with Crippen molar-refractivity contribution in [1.29, 1.82) is 0 Å². The first-order valence-corrected chi connectivity index (χ1v) is 7.59. The van der Waals surface area contributed by atoms with Gasteiger partial charge in [-0.3, -0.25) is 0 Å². The third kappa shape index (κ3) is 3.22. The lowest BCUT2D eigenvalue weighted by Gasteiger charge is -2.22. The summed E-state index contributed by atoms with van der Waals surface area (Å²) in [6.45, 7) is 5.10. The fourth-order valence-electron chi connectivity index (χ4n) is 2.36. The van der Waals surface area contributed by atoms with Crippen molar-refractivity contribution in [3.05, 3.63) is 63.6 Å². The number of methoxy groups -OCH3 is 1. The molecule has 2 aromatic rings. The largest absolute Gasteiger partial charge is 0.496 e. The predicted octanol–water partition coefficient (Wildman–Crippen LogP) is 4.47. The summed E-state index contributed by atoms with van der Waals surface area (Å²) in [4.78, 5) is 0. The predicted molar refractivity (Wildman–Crippen MR) is 87.4 cm³/mol. The molecule has 0 heterocycles. The second kappa shape index (κ2) is 6.91. The molecular weight excluding hydrogens is 314 g/mol. The van der Waals surface area contributed by atoms with E-state index in [9.17, 15) is 0 Å². The molecule has 2 rings (SSSR count). The highest BCUT2D eigenvalue weighted by atomic mass is 79.9. The van der Waals surface area contributed by atoms with Gasteiger partial charge in [0.1, 0.15) is 5.75 Å². The first kappa shape index (κ1) is 15.1. The summed E-state index contributed by atoms with van der Waals surface area (Å²) in [5.41, 5.74) is 3.62. The van der Waals surface area contributed by atoms with Crippen molar-refractivity contribution in [2.24, 2.45) is 0 Å². The van der Waals surface area contributed by atoms with Crippen molar-refractivity contribution in [2.45, 2.75) is 19.9 Å². The fourth-order valence-corrected chi connectivity index (χ4v) is 3.08. The molecule has 106 valence electrons. The van der Waals surface area contributed by atoms with Gasteiger partial charge in [-0.15, -0.1) is 0 Å². The molecule has 1 unspecified atom stereocenters. The number of benzene rings is 2. The Bertz CT molecular complexity index is 583. The second-order valence-electron chi connectivity index (χ2n) is 4.76. The van der Waals surface area contributed by atoms with Crippen LogP contribution in [0.5, 0.6) is 5.75 Å².